The highest BCUT2D eigenvalue weighted by molar-refractivity contribution is 6.00. The summed E-state index contributed by atoms with van der Waals surface area (Å²) >= 11 is 0. The molecule has 0 aliphatic carbocycles. The average Bonchev–Trinajstić information content (AvgIpc) is 2.98. The van der Waals surface area contributed by atoms with Gasteiger partial charge in [0.2, 0.25) is 5.88 Å². The van der Waals surface area contributed by atoms with Crippen LogP contribution in [-0.2, 0) is 22.6 Å². The first-order valence-corrected chi connectivity index (χ1v) is 7.60. The van der Waals surface area contributed by atoms with Crippen molar-refractivity contribution < 1.29 is 28.2 Å². The predicted molar refractivity (Wildman–Crippen MR) is 86.6 cm³/mol. The van der Waals surface area contributed by atoms with Gasteiger partial charge in [-0.2, -0.15) is 0 Å². The second-order valence-corrected chi connectivity index (χ2v) is 5.33. The summed E-state index contributed by atoms with van der Waals surface area (Å²) < 4.78 is 33.8. The lowest BCUT2D eigenvalue weighted by molar-refractivity contribution is -0.334. The first kappa shape index (κ1) is 17.6. The number of hydrogen-bond donors (Lipinski definition) is 3. The Morgan fingerprint density at radius 1 is 1.27 bits per heavy atom. The number of pyridine rings is 1. The number of alkyl halides is 2. The van der Waals surface area contributed by atoms with Crippen molar-refractivity contribution in [2.24, 2.45) is 0 Å². The molecule has 2 heterocycles. The Balaban J connectivity index is 1.68. The zero-order chi connectivity index (χ0) is 18.6. The highest BCUT2D eigenvalue weighted by Gasteiger charge is 2.41. The number of carbonyl (C=O) groups is 1. The molecule has 3 rings (SSSR count). The molecule has 0 unspecified atom stereocenters. The number of nitrogens with zero attached hydrogens (tertiary/aromatic N) is 1. The van der Waals surface area contributed by atoms with E-state index in [2.05, 4.69) is 25.1 Å². The summed E-state index contributed by atoms with van der Waals surface area (Å²) in [5.41, 5.74) is 2.12. The summed E-state index contributed by atoms with van der Waals surface area (Å²) in [5, 5.41) is 14.4. The fourth-order valence-electron chi connectivity index (χ4n) is 2.29. The largest absolute Gasteiger partial charge is 0.586 e. The van der Waals surface area contributed by atoms with Gasteiger partial charge in [0.1, 0.15) is 0 Å². The fraction of sp³-hybridized carbons (Fsp3) is 0.176. The number of amides is 1. The van der Waals surface area contributed by atoms with Gasteiger partial charge in [0, 0.05) is 18.4 Å². The minimum Gasteiger partial charge on any atom is -0.402 e. The van der Waals surface area contributed by atoms with E-state index in [-0.39, 0.29) is 12.2 Å². The summed E-state index contributed by atoms with van der Waals surface area (Å²) in [7, 11) is 0. The van der Waals surface area contributed by atoms with E-state index in [9.17, 15) is 13.6 Å². The molecule has 0 saturated heterocycles. The van der Waals surface area contributed by atoms with Gasteiger partial charge >= 0.3 is 6.29 Å². The molecule has 1 aliphatic heterocycles. The Bertz CT molecular complexity index is 842. The van der Waals surface area contributed by atoms with Crippen molar-refractivity contribution in [1.82, 2.24) is 10.3 Å². The molecule has 1 aliphatic rings. The maximum Gasteiger partial charge on any atom is 0.586 e. The van der Waals surface area contributed by atoms with Gasteiger partial charge in [-0.3, -0.25) is 15.1 Å². The van der Waals surface area contributed by atoms with Gasteiger partial charge in [-0.15, -0.1) is 8.78 Å². The zero-order valence-electron chi connectivity index (χ0n) is 13.4. The van der Waals surface area contributed by atoms with Crippen molar-refractivity contribution in [2.75, 3.05) is 5.32 Å². The minimum atomic E-state index is -3.79. The molecule has 0 radical (unpaired) electrons. The third kappa shape index (κ3) is 4.25. The van der Waals surface area contributed by atoms with Crippen LogP contribution in [0.5, 0.6) is 0 Å². The van der Waals surface area contributed by atoms with E-state index in [4.69, 9.17) is 5.11 Å². The van der Waals surface area contributed by atoms with Gasteiger partial charge in [-0.1, -0.05) is 12.1 Å². The zero-order valence-corrected chi connectivity index (χ0v) is 13.4. The summed E-state index contributed by atoms with van der Waals surface area (Å²) in [6.07, 6.45) is -1.57. The van der Waals surface area contributed by atoms with Crippen LogP contribution in [-0.4, -0.2) is 22.3 Å². The summed E-state index contributed by atoms with van der Waals surface area (Å²) in [6.45, 7) is 0.203. The van der Waals surface area contributed by atoms with E-state index >= 15 is 0 Å². The van der Waals surface area contributed by atoms with Crippen LogP contribution in [0.1, 0.15) is 21.6 Å². The SMILES string of the molecule is O=C(NC1=COC(F)(F)O1)c1ccccc1NCc1ccnc(CO)c1. The number of rotatable bonds is 6. The number of para-hydroxylation sites is 1. The molecule has 7 nitrogen and oxygen atoms in total. The maximum atomic E-state index is 12.8. The Labute approximate surface area is 147 Å². The third-order valence-electron chi connectivity index (χ3n) is 3.47. The number of hydrogen-bond acceptors (Lipinski definition) is 6. The molecule has 136 valence electrons. The molecular formula is C17H15F2N3O4. The van der Waals surface area contributed by atoms with Crippen molar-refractivity contribution >= 4 is 11.6 Å². The lowest BCUT2D eigenvalue weighted by Crippen LogP contribution is -2.27. The topological polar surface area (TPSA) is 92.7 Å². The number of aliphatic hydroxyl groups excluding tert-OH is 1. The molecule has 1 aromatic carbocycles. The van der Waals surface area contributed by atoms with E-state index in [1.54, 1.807) is 36.5 Å². The predicted octanol–water partition coefficient (Wildman–Crippen LogP) is 2.31. The van der Waals surface area contributed by atoms with Gasteiger partial charge in [0.05, 0.1) is 17.9 Å². The van der Waals surface area contributed by atoms with E-state index in [1.165, 1.54) is 6.07 Å². The molecule has 0 atom stereocenters. The average molecular weight is 363 g/mol. The van der Waals surface area contributed by atoms with Crippen LogP contribution in [0, 0.1) is 0 Å². The highest BCUT2D eigenvalue weighted by Crippen LogP contribution is 2.27. The van der Waals surface area contributed by atoms with Gasteiger partial charge in [0.15, 0.2) is 6.26 Å². The normalized spacial score (nSPS) is 14.8. The molecule has 3 N–H and O–H groups in total. The molecule has 9 heteroatoms. The van der Waals surface area contributed by atoms with E-state index in [1.807, 2.05) is 0 Å². The minimum absolute atomic E-state index is 0.172. The van der Waals surface area contributed by atoms with Crippen LogP contribution in [0.25, 0.3) is 0 Å². The van der Waals surface area contributed by atoms with Gasteiger partial charge < -0.3 is 19.9 Å². The summed E-state index contributed by atoms with van der Waals surface area (Å²) in [4.78, 5) is 16.3. The van der Waals surface area contributed by atoms with E-state index < -0.39 is 18.1 Å². The van der Waals surface area contributed by atoms with Crippen LogP contribution in [0.4, 0.5) is 14.5 Å². The molecular weight excluding hydrogens is 348 g/mol. The van der Waals surface area contributed by atoms with Crippen molar-refractivity contribution in [2.45, 2.75) is 19.4 Å². The highest BCUT2D eigenvalue weighted by atomic mass is 19.3. The summed E-state index contributed by atoms with van der Waals surface area (Å²) in [5.74, 6) is -1.11. The molecule has 0 fully saturated rings. The lowest BCUT2D eigenvalue weighted by atomic mass is 10.1. The van der Waals surface area contributed by atoms with Crippen molar-refractivity contribution in [3.8, 4) is 0 Å². The molecule has 0 saturated carbocycles. The number of aliphatic hydroxyl groups is 1. The van der Waals surface area contributed by atoms with Crippen LogP contribution in [0.2, 0.25) is 0 Å². The number of ether oxygens (including phenoxy) is 2. The third-order valence-corrected chi connectivity index (χ3v) is 3.47. The number of halogens is 2. The standard InChI is InChI=1S/C17H15F2N3O4/c18-17(19)25-10-15(26-17)22-16(24)13-3-1-2-4-14(13)21-8-11-5-6-20-12(7-11)9-23/h1-7,10,21,23H,8-9H2,(H,22,24). The van der Waals surface area contributed by atoms with Gasteiger partial charge in [0.25, 0.3) is 5.91 Å². The van der Waals surface area contributed by atoms with Crippen molar-refractivity contribution in [3.05, 3.63) is 71.6 Å². The van der Waals surface area contributed by atoms with Gasteiger partial charge in [-0.05, 0) is 29.8 Å². The number of aromatic nitrogens is 1. The molecule has 0 bridgehead atoms. The lowest BCUT2D eigenvalue weighted by Gasteiger charge is -2.13. The molecule has 1 aromatic heterocycles. The number of benzene rings is 1. The fourth-order valence-corrected chi connectivity index (χ4v) is 2.29. The number of nitrogens with one attached hydrogen (secondary N) is 2. The first-order valence-electron chi connectivity index (χ1n) is 7.60. The first-order chi connectivity index (χ1) is 12.5. The molecule has 1 amide bonds. The second kappa shape index (κ2) is 7.36. The van der Waals surface area contributed by atoms with Crippen molar-refractivity contribution in [1.29, 1.82) is 0 Å². The number of carbonyl (C=O) groups excluding carboxylic acids is 1. The molecule has 0 spiro atoms. The number of anilines is 1. The second-order valence-electron chi connectivity index (χ2n) is 5.33. The quantitative estimate of drug-likeness (QED) is 0.729. The Morgan fingerprint density at radius 2 is 2.08 bits per heavy atom. The van der Waals surface area contributed by atoms with Crippen LogP contribution in [0.15, 0.2) is 54.7 Å². The van der Waals surface area contributed by atoms with Crippen molar-refractivity contribution in [3.63, 3.8) is 0 Å². The Kier molecular flexibility index (Phi) is 4.99. The van der Waals surface area contributed by atoms with Gasteiger partial charge in [-0.25, -0.2) is 0 Å². The Morgan fingerprint density at radius 3 is 2.81 bits per heavy atom. The van der Waals surface area contributed by atoms with E-state index in [0.717, 1.165) is 5.56 Å². The Hall–Kier alpha value is -3.20. The van der Waals surface area contributed by atoms with Crippen LogP contribution in [0.3, 0.4) is 0 Å². The monoisotopic (exact) mass is 363 g/mol. The molecule has 26 heavy (non-hydrogen) atoms. The smallest absolute Gasteiger partial charge is 0.402 e. The summed E-state index contributed by atoms with van der Waals surface area (Å²) in [6, 6.07) is 10.1. The van der Waals surface area contributed by atoms with Crippen LogP contribution < -0.4 is 10.6 Å². The van der Waals surface area contributed by atoms with E-state index in [0.29, 0.717) is 24.2 Å². The maximum absolute atomic E-state index is 12.8. The molecule has 2 aromatic rings. The van der Waals surface area contributed by atoms with Crippen LogP contribution >= 0.6 is 0 Å².